The van der Waals surface area contributed by atoms with E-state index in [1.165, 1.54) is 68.8 Å². The van der Waals surface area contributed by atoms with Crippen LogP contribution >= 0.6 is 0 Å². The lowest BCUT2D eigenvalue weighted by atomic mass is 9.81. The standard InChI is InChI=1S/C35H39N2/c1-6-26(7-2)27-15-17-28(18-16-27)32-23-30(22-29-19-20-37(5)35(29)32)31(8-3)33(21-25-12-10-13-25)34-14-9-11-24(4)36-34/h6,8-9,11,14-19,21-23,25H,7,10,12-13,20H2,1-5H3/q+1/b26-6+,31-8-,33-21+. The van der Waals surface area contributed by atoms with Gasteiger partial charge in [0.1, 0.15) is 7.05 Å². The monoisotopic (exact) mass is 487 g/mol. The molecule has 1 fully saturated rings. The number of aromatic nitrogens is 1. The maximum Gasteiger partial charge on any atom is 0.215 e. The Balaban J connectivity index is 1.67. The molecule has 188 valence electrons. The van der Waals surface area contributed by atoms with Gasteiger partial charge in [0.05, 0.1) is 11.3 Å². The number of allylic oxidation sites excluding steroid dienone is 6. The molecule has 0 atom stereocenters. The third-order valence-corrected chi connectivity index (χ3v) is 8.01. The van der Waals surface area contributed by atoms with Crippen LogP contribution in [0.5, 0.6) is 0 Å². The summed E-state index contributed by atoms with van der Waals surface area (Å²) < 4.78 is 2.37. The summed E-state index contributed by atoms with van der Waals surface area (Å²) in [5.74, 6) is 0.644. The molecular weight excluding hydrogens is 448 g/mol. The van der Waals surface area contributed by atoms with Crippen molar-refractivity contribution in [2.24, 2.45) is 5.92 Å². The van der Waals surface area contributed by atoms with Crippen molar-refractivity contribution < 1.29 is 0 Å². The fraction of sp³-hybridized carbons (Fsp3) is 0.314. The lowest BCUT2D eigenvalue weighted by Crippen LogP contribution is -2.34. The molecule has 2 heteroatoms. The summed E-state index contributed by atoms with van der Waals surface area (Å²) in [6.45, 7) is 9.54. The molecule has 0 spiro atoms. The van der Waals surface area contributed by atoms with Crippen molar-refractivity contribution in [3.8, 4) is 11.1 Å². The summed E-state index contributed by atoms with van der Waals surface area (Å²) in [6.07, 6.45) is 14.3. The fourth-order valence-corrected chi connectivity index (χ4v) is 5.71. The lowest BCUT2D eigenvalue weighted by Gasteiger charge is -2.24. The molecule has 0 saturated heterocycles. The van der Waals surface area contributed by atoms with Crippen LogP contribution < -0.4 is 15.2 Å². The number of hydrogen-bond donors (Lipinski definition) is 0. The fourth-order valence-electron chi connectivity index (χ4n) is 5.71. The van der Waals surface area contributed by atoms with E-state index in [1.54, 1.807) is 0 Å². The van der Waals surface area contributed by atoms with Gasteiger partial charge in [0.15, 0.2) is 6.54 Å². The minimum atomic E-state index is 0.644. The second kappa shape index (κ2) is 10.8. The zero-order chi connectivity index (χ0) is 25.9. The first-order valence-corrected chi connectivity index (χ1v) is 13.8. The molecule has 3 aromatic rings. The van der Waals surface area contributed by atoms with Crippen molar-refractivity contribution >= 4 is 22.8 Å². The summed E-state index contributed by atoms with van der Waals surface area (Å²) in [7, 11) is 2.20. The van der Waals surface area contributed by atoms with Crippen molar-refractivity contribution in [3.63, 3.8) is 0 Å². The molecule has 0 amide bonds. The van der Waals surface area contributed by atoms with Crippen LogP contribution in [-0.2, 0) is 0 Å². The number of benzene rings is 2. The topological polar surface area (TPSA) is 15.9 Å². The van der Waals surface area contributed by atoms with E-state index in [0.29, 0.717) is 5.92 Å². The molecule has 1 aromatic heterocycles. The zero-order valence-corrected chi connectivity index (χ0v) is 23.0. The highest BCUT2D eigenvalue weighted by Gasteiger charge is 2.22. The first-order chi connectivity index (χ1) is 18.0. The van der Waals surface area contributed by atoms with Crippen LogP contribution in [0.25, 0.3) is 33.9 Å². The average molecular weight is 488 g/mol. The van der Waals surface area contributed by atoms with Crippen LogP contribution in [0.1, 0.15) is 69.0 Å². The highest BCUT2D eigenvalue weighted by atomic mass is 15.0. The third-order valence-electron chi connectivity index (χ3n) is 8.01. The van der Waals surface area contributed by atoms with E-state index >= 15 is 0 Å². The predicted octanol–water partition coefficient (Wildman–Crippen LogP) is 7.07. The van der Waals surface area contributed by atoms with Crippen molar-refractivity contribution in [1.82, 2.24) is 9.56 Å². The van der Waals surface area contributed by atoms with Crippen molar-refractivity contribution in [2.75, 3.05) is 13.6 Å². The van der Waals surface area contributed by atoms with Gasteiger partial charge in [0.2, 0.25) is 5.36 Å². The van der Waals surface area contributed by atoms with Gasteiger partial charge in [-0.1, -0.05) is 61.9 Å². The van der Waals surface area contributed by atoms with Gasteiger partial charge in [-0.05, 0) is 104 Å². The maximum atomic E-state index is 4.96. The molecule has 1 saturated carbocycles. The van der Waals surface area contributed by atoms with E-state index in [4.69, 9.17) is 4.98 Å². The molecule has 2 aliphatic rings. The Hall–Kier alpha value is -3.52. The lowest BCUT2D eigenvalue weighted by molar-refractivity contribution is 0.388. The molecule has 1 aliphatic carbocycles. The number of pyridine rings is 1. The van der Waals surface area contributed by atoms with Crippen LogP contribution in [0.4, 0.5) is 0 Å². The van der Waals surface area contributed by atoms with Crippen molar-refractivity contribution in [3.05, 3.63) is 106 Å². The van der Waals surface area contributed by atoms with E-state index in [2.05, 4.69) is 118 Å². The Morgan fingerprint density at radius 1 is 0.973 bits per heavy atom. The number of nitrogens with zero attached hydrogens (tertiary/aromatic N) is 2. The van der Waals surface area contributed by atoms with Crippen LogP contribution in [0, 0.1) is 12.8 Å². The molecule has 0 N–H and O–H groups in total. The second-order valence-electron chi connectivity index (χ2n) is 10.4. The van der Waals surface area contributed by atoms with Crippen LogP contribution in [0.2, 0.25) is 0 Å². The van der Waals surface area contributed by atoms with E-state index < -0.39 is 0 Å². The van der Waals surface area contributed by atoms with Gasteiger partial charge in [-0.25, -0.2) is 4.58 Å². The Kier molecular flexibility index (Phi) is 7.37. The molecule has 2 nitrogen and oxygen atoms in total. The molecule has 0 radical (unpaired) electrons. The normalized spacial score (nSPS) is 16.5. The highest BCUT2D eigenvalue weighted by molar-refractivity contribution is 6.04. The molecule has 2 aromatic carbocycles. The molecule has 5 rings (SSSR count). The van der Waals surface area contributed by atoms with Gasteiger partial charge >= 0.3 is 0 Å². The van der Waals surface area contributed by atoms with Gasteiger partial charge in [-0.3, -0.25) is 4.98 Å². The van der Waals surface area contributed by atoms with Crippen LogP contribution in [-0.4, -0.2) is 18.6 Å². The van der Waals surface area contributed by atoms with Gasteiger partial charge in [0, 0.05) is 16.5 Å². The molecule has 0 bridgehead atoms. The Bertz CT molecular complexity index is 1530. The second-order valence-corrected chi connectivity index (χ2v) is 10.4. The van der Waals surface area contributed by atoms with Gasteiger partial charge in [0.25, 0.3) is 0 Å². The highest BCUT2D eigenvalue weighted by Crippen LogP contribution is 2.37. The minimum Gasteiger partial charge on any atom is -0.253 e. The largest absolute Gasteiger partial charge is 0.253 e. The maximum absolute atomic E-state index is 4.96. The number of fused-ring (bicyclic) bond motifs is 1. The van der Waals surface area contributed by atoms with Gasteiger partial charge in [-0.2, -0.15) is 0 Å². The van der Waals surface area contributed by atoms with Crippen LogP contribution in [0.15, 0.2) is 72.8 Å². The number of rotatable bonds is 7. The molecule has 37 heavy (non-hydrogen) atoms. The Morgan fingerprint density at radius 3 is 2.38 bits per heavy atom. The molecule has 1 aliphatic heterocycles. The quantitative estimate of drug-likeness (QED) is 0.257. The third kappa shape index (κ3) is 5.03. The SMILES string of the molecule is C/C=C(\C(=C/C1CCC1)c1cccc(C)n1)c1cc(-c2ccc(/C(=C/C)CC)cc2)c2c(c1)=CC[N+]=2C. The van der Waals surface area contributed by atoms with E-state index in [-0.39, 0.29) is 0 Å². The van der Waals surface area contributed by atoms with E-state index in [9.17, 15) is 0 Å². The summed E-state index contributed by atoms with van der Waals surface area (Å²) in [5.41, 5.74) is 11.2. The van der Waals surface area contributed by atoms with E-state index in [1.807, 2.05) is 0 Å². The summed E-state index contributed by atoms with van der Waals surface area (Å²) in [6, 6.07) is 20.3. The average Bonchev–Trinajstić information content (AvgIpc) is 3.26. The summed E-state index contributed by atoms with van der Waals surface area (Å²) in [5, 5.41) is 2.65. The van der Waals surface area contributed by atoms with Crippen molar-refractivity contribution in [2.45, 2.75) is 53.4 Å². The minimum absolute atomic E-state index is 0.644. The van der Waals surface area contributed by atoms with Gasteiger partial charge in [-0.15, -0.1) is 0 Å². The summed E-state index contributed by atoms with van der Waals surface area (Å²) in [4.78, 5) is 4.96. The van der Waals surface area contributed by atoms with Crippen molar-refractivity contribution in [1.29, 1.82) is 0 Å². The smallest absolute Gasteiger partial charge is 0.215 e. The Morgan fingerprint density at radius 2 is 1.76 bits per heavy atom. The number of hydrogen-bond acceptors (Lipinski definition) is 1. The first-order valence-electron chi connectivity index (χ1n) is 13.8. The van der Waals surface area contributed by atoms with E-state index in [0.717, 1.165) is 24.4 Å². The number of aryl methyl sites for hydroxylation is 1. The predicted molar refractivity (Wildman–Crippen MR) is 160 cm³/mol. The molecule has 0 unspecified atom stereocenters. The Labute approximate surface area is 222 Å². The zero-order valence-electron chi connectivity index (χ0n) is 23.0. The van der Waals surface area contributed by atoms with Crippen LogP contribution in [0.3, 0.4) is 0 Å². The molecule has 2 heterocycles. The molecular formula is C35H39N2+. The van der Waals surface area contributed by atoms with Gasteiger partial charge < -0.3 is 0 Å². The first kappa shape index (κ1) is 25.1. The summed E-state index contributed by atoms with van der Waals surface area (Å²) >= 11 is 0.